The maximum Gasteiger partial charge on any atom is 0.325 e. The molecule has 90 valence electrons. The van der Waals surface area contributed by atoms with Crippen molar-refractivity contribution in [1.29, 1.82) is 0 Å². The number of hydrogen-bond donors (Lipinski definition) is 2. The summed E-state index contributed by atoms with van der Waals surface area (Å²) in [5, 5.41) is 11.1. The molecule has 0 bridgehead atoms. The first-order valence-corrected chi connectivity index (χ1v) is 5.07. The maximum absolute atomic E-state index is 11.7. The van der Waals surface area contributed by atoms with Crippen LogP contribution in [0.25, 0.3) is 0 Å². The lowest BCUT2D eigenvalue weighted by Gasteiger charge is -2.21. The van der Waals surface area contributed by atoms with E-state index in [0.717, 1.165) is 4.90 Å². The van der Waals surface area contributed by atoms with Crippen LogP contribution in [-0.4, -0.2) is 65.5 Å². The van der Waals surface area contributed by atoms with Crippen molar-refractivity contribution in [3.05, 3.63) is 0 Å². The van der Waals surface area contributed by atoms with Gasteiger partial charge in [-0.25, -0.2) is 4.79 Å². The van der Waals surface area contributed by atoms with E-state index in [9.17, 15) is 14.4 Å². The Hall–Kier alpha value is -1.63. The summed E-state index contributed by atoms with van der Waals surface area (Å²) in [6.07, 6.45) is 0. The van der Waals surface area contributed by atoms with Gasteiger partial charge < -0.3 is 15.3 Å². The van der Waals surface area contributed by atoms with Crippen LogP contribution >= 0.6 is 0 Å². The zero-order valence-electron chi connectivity index (χ0n) is 9.10. The van der Waals surface area contributed by atoms with E-state index in [-0.39, 0.29) is 32.1 Å². The van der Waals surface area contributed by atoms with Crippen molar-refractivity contribution in [3.8, 4) is 0 Å². The topological polar surface area (TPSA) is 89.9 Å². The molecule has 0 saturated carbocycles. The summed E-state index contributed by atoms with van der Waals surface area (Å²) in [6.45, 7) is 1.94. The molecular weight excluding hydrogens is 214 g/mol. The number of nitrogens with one attached hydrogen (secondary N) is 1. The highest BCUT2D eigenvalue weighted by molar-refractivity contribution is 6.04. The molecule has 0 aromatic heterocycles. The van der Waals surface area contributed by atoms with Crippen molar-refractivity contribution in [2.75, 3.05) is 32.8 Å². The highest BCUT2D eigenvalue weighted by Crippen LogP contribution is 2.00. The molecular formula is C9H15N3O4. The Morgan fingerprint density at radius 1 is 1.56 bits per heavy atom. The molecule has 1 fully saturated rings. The fourth-order valence-corrected chi connectivity index (χ4v) is 1.43. The van der Waals surface area contributed by atoms with Gasteiger partial charge in [0, 0.05) is 13.1 Å². The largest absolute Gasteiger partial charge is 0.395 e. The van der Waals surface area contributed by atoms with Crippen molar-refractivity contribution in [2.45, 2.75) is 6.92 Å². The molecule has 0 aromatic rings. The quantitative estimate of drug-likeness (QED) is 0.554. The van der Waals surface area contributed by atoms with Crippen LogP contribution in [0.15, 0.2) is 0 Å². The molecule has 1 saturated heterocycles. The zero-order valence-corrected chi connectivity index (χ0v) is 9.10. The van der Waals surface area contributed by atoms with Crippen LogP contribution in [0.5, 0.6) is 0 Å². The molecule has 0 aromatic carbocycles. The summed E-state index contributed by atoms with van der Waals surface area (Å²) in [6, 6.07) is -0.543. The summed E-state index contributed by atoms with van der Waals surface area (Å²) in [4.78, 5) is 36.3. The van der Waals surface area contributed by atoms with Crippen LogP contribution in [0, 0.1) is 0 Å². The fourth-order valence-electron chi connectivity index (χ4n) is 1.43. The Kier molecular flexibility index (Phi) is 4.24. The lowest BCUT2D eigenvalue weighted by Crippen LogP contribution is -2.43. The lowest BCUT2D eigenvalue weighted by molar-refractivity contribution is -0.136. The first-order valence-electron chi connectivity index (χ1n) is 5.07. The van der Waals surface area contributed by atoms with E-state index in [1.165, 1.54) is 4.90 Å². The Morgan fingerprint density at radius 2 is 2.25 bits per heavy atom. The predicted octanol–water partition coefficient (Wildman–Crippen LogP) is -1.62. The van der Waals surface area contributed by atoms with Gasteiger partial charge in [-0.3, -0.25) is 14.5 Å². The molecule has 1 heterocycles. The Balaban J connectivity index is 2.55. The minimum atomic E-state index is -0.543. The van der Waals surface area contributed by atoms with Gasteiger partial charge in [0.2, 0.25) is 5.91 Å². The average molecular weight is 229 g/mol. The van der Waals surface area contributed by atoms with Gasteiger partial charge in [0.1, 0.15) is 6.54 Å². The molecule has 16 heavy (non-hydrogen) atoms. The normalized spacial score (nSPS) is 15.2. The minimum absolute atomic E-state index is 0.0573. The first kappa shape index (κ1) is 12.4. The highest BCUT2D eigenvalue weighted by atomic mass is 16.3. The van der Waals surface area contributed by atoms with Gasteiger partial charge in [-0.1, -0.05) is 0 Å². The van der Waals surface area contributed by atoms with E-state index >= 15 is 0 Å². The van der Waals surface area contributed by atoms with E-state index in [0.29, 0.717) is 6.54 Å². The molecule has 4 amide bonds. The molecule has 0 radical (unpaired) electrons. The van der Waals surface area contributed by atoms with E-state index in [4.69, 9.17) is 5.11 Å². The molecule has 1 rings (SSSR count). The molecule has 0 spiro atoms. The predicted molar refractivity (Wildman–Crippen MR) is 54.5 cm³/mol. The van der Waals surface area contributed by atoms with Gasteiger partial charge >= 0.3 is 6.03 Å². The monoisotopic (exact) mass is 229 g/mol. The lowest BCUT2D eigenvalue weighted by atomic mass is 10.4. The number of urea groups is 1. The van der Waals surface area contributed by atoms with Crippen molar-refractivity contribution in [1.82, 2.24) is 15.1 Å². The van der Waals surface area contributed by atoms with Crippen molar-refractivity contribution in [2.24, 2.45) is 0 Å². The third-order valence-corrected chi connectivity index (χ3v) is 2.33. The zero-order chi connectivity index (χ0) is 12.1. The van der Waals surface area contributed by atoms with Crippen LogP contribution in [0.1, 0.15) is 6.92 Å². The number of amides is 4. The maximum atomic E-state index is 11.7. The van der Waals surface area contributed by atoms with Crippen LogP contribution in [0.3, 0.4) is 0 Å². The second kappa shape index (κ2) is 5.45. The Morgan fingerprint density at radius 3 is 2.69 bits per heavy atom. The van der Waals surface area contributed by atoms with E-state index in [1.807, 2.05) is 0 Å². The number of aliphatic hydroxyl groups is 1. The van der Waals surface area contributed by atoms with Gasteiger partial charge in [0.05, 0.1) is 13.2 Å². The second-order valence-corrected chi connectivity index (χ2v) is 3.34. The molecule has 0 aliphatic carbocycles. The number of likely N-dealkylation sites (N-methyl/N-ethyl adjacent to an activating group) is 1. The van der Waals surface area contributed by atoms with Crippen LogP contribution in [0.2, 0.25) is 0 Å². The Labute approximate surface area is 93.0 Å². The minimum Gasteiger partial charge on any atom is -0.395 e. The van der Waals surface area contributed by atoms with Crippen LogP contribution in [0.4, 0.5) is 4.79 Å². The molecule has 1 aliphatic heterocycles. The summed E-state index contributed by atoms with van der Waals surface area (Å²) < 4.78 is 0. The van der Waals surface area contributed by atoms with Gasteiger partial charge in [-0.15, -0.1) is 0 Å². The first-order chi connectivity index (χ1) is 7.60. The van der Waals surface area contributed by atoms with Gasteiger partial charge in [0.25, 0.3) is 5.91 Å². The summed E-state index contributed by atoms with van der Waals surface area (Å²) in [5.74, 6) is -0.750. The van der Waals surface area contributed by atoms with E-state index in [2.05, 4.69) is 5.32 Å². The van der Waals surface area contributed by atoms with Gasteiger partial charge in [-0.05, 0) is 6.92 Å². The van der Waals surface area contributed by atoms with E-state index in [1.54, 1.807) is 6.92 Å². The SMILES string of the molecule is CCN(CCO)C(=O)CN1C(=O)CNC1=O. The number of rotatable bonds is 5. The highest BCUT2D eigenvalue weighted by Gasteiger charge is 2.31. The Bertz CT molecular complexity index is 289. The van der Waals surface area contributed by atoms with Crippen LogP contribution in [-0.2, 0) is 9.59 Å². The summed E-state index contributed by atoms with van der Waals surface area (Å²) >= 11 is 0. The fraction of sp³-hybridized carbons (Fsp3) is 0.667. The third kappa shape index (κ3) is 2.69. The average Bonchev–Trinajstić information content (AvgIpc) is 2.57. The van der Waals surface area contributed by atoms with Gasteiger partial charge in [-0.2, -0.15) is 0 Å². The molecule has 2 N–H and O–H groups in total. The number of carbonyl (C=O) groups is 3. The molecule has 0 atom stereocenters. The summed E-state index contributed by atoms with van der Waals surface area (Å²) in [7, 11) is 0. The van der Waals surface area contributed by atoms with Crippen molar-refractivity contribution in [3.63, 3.8) is 0 Å². The molecule has 0 unspecified atom stereocenters. The molecule has 7 heteroatoms. The number of carbonyl (C=O) groups excluding carboxylic acids is 3. The standard InChI is InChI=1S/C9H15N3O4/c1-2-11(3-4-13)8(15)6-12-7(14)5-10-9(12)16/h13H,2-6H2,1H3,(H,10,16). The second-order valence-electron chi connectivity index (χ2n) is 3.34. The summed E-state index contributed by atoms with van der Waals surface area (Å²) in [5.41, 5.74) is 0. The smallest absolute Gasteiger partial charge is 0.325 e. The molecule has 1 aliphatic rings. The third-order valence-electron chi connectivity index (χ3n) is 2.33. The number of aliphatic hydroxyl groups excluding tert-OH is 1. The van der Waals surface area contributed by atoms with Gasteiger partial charge in [0.15, 0.2) is 0 Å². The molecule has 7 nitrogen and oxygen atoms in total. The van der Waals surface area contributed by atoms with Crippen LogP contribution < -0.4 is 5.32 Å². The van der Waals surface area contributed by atoms with Crippen molar-refractivity contribution < 1.29 is 19.5 Å². The number of imide groups is 1. The number of hydrogen-bond acceptors (Lipinski definition) is 4. The number of nitrogens with zero attached hydrogens (tertiary/aromatic N) is 2. The van der Waals surface area contributed by atoms with Crippen molar-refractivity contribution >= 4 is 17.8 Å². The van der Waals surface area contributed by atoms with E-state index < -0.39 is 11.9 Å².